The third-order valence-electron chi connectivity index (χ3n) is 6.65. The summed E-state index contributed by atoms with van der Waals surface area (Å²) in [4.78, 5) is 21.6. The quantitative estimate of drug-likeness (QED) is 0.755. The average Bonchev–Trinajstić information content (AvgIpc) is 3.27. The van der Waals surface area contributed by atoms with Crippen molar-refractivity contribution in [2.45, 2.75) is 56.4 Å². The maximum absolute atomic E-state index is 13.7. The topological polar surface area (TPSA) is 45.7 Å². The van der Waals surface area contributed by atoms with Gasteiger partial charge in [0.05, 0.1) is 6.04 Å². The largest absolute Gasteiger partial charge is 0.356 e. The van der Waals surface area contributed by atoms with Crippen LogP contribution in [0.2, 0.25) is 0 Å². The lowest BCUT2D eigenvalue weighted by Gasteiger charge is -2.38. The van der Waals surface area contributed by atoms with Crippen molar-refractivity contribution in [1.29, 1.82) is 0 Å². The van der Waals surface area contributed by atoms with E-state index in [9.17, 15) is 13.6 Å². The number of anilines is 1. The summed E-state index contributed by atoms with van der Waals surface area (Å²) in [5.74, 6) is -2.31. The number of fused-ring (bicyclic) bond motifs is 1. The van der Waals surface area contributed by atoms with Crippen LogP contribution in [0.4, 0.5) is 14.6 Å². The molecule has 5 nitrogen and oxygen atoms in total. The third kappa shape index (κ3) is 3.16. The normalized spacial score (nSPS) is 25.8. The molecule has 30 heavy (non-hydrogen) atoms. The number of hydrogen-bond acceptors (Lipinski definition) is 4. The van der Waals surface area contributed by atoms with Gasteiger partial charge >= 0.3 is 0 Å². The zero-order valence-corrected chi connectivity index (χ0v) is 16.9. The molecule has 2 atom stereocenters. The standard InChI is InChI=1S/C23H25F2N3O2/c1-22(24,25)17-9-12-26-19(15-17)27-13-10-23(11-14-27)21(29)28-18(7-8-20(28)30-23)16-5-3-2-4-6-16/h2-6,9,12,15,18,20H,7-8,10-11,13-14H2,1H3/t18-,20+/m0/s1. The highest BCUT2D eigenvalue weighted by atomic mass is 19.3. The molecule has 158 valence electrons. The van der Waals surface area contributed by atoms with Gasteiger partial charge in [0.25, 0.3) is 11.8 Å². The summed E-state index contributed by atoms with van der Waals surface area (Å²) in [6.45, 7) is 1.99. The number of carbonyl (C=O) groups is 1. The van der Waals surface area contributed by atoms with Crippen molar-refractivity contribution in [2.24, 2.45) is 0 Å². The van der Waals surface area contributed by atoms with Gasteiger partial charge in [0.15, 0.2) is 5.60 Å². The first-order chi connectivity index (χ1) is 14.4. The monoisotopic (exact) mass is 413 g/mol. The lowest BCUT2D eigenvalue weighted by Crippen LogP contribution is -2.50. The number of piperidine rings is 1. The minimum absolute atomic E-state index is 0.0488. The Labute approximate surface area is 174 Å². The van der Waals surface area contributed by atoms with Gasteiger partial charge in [0.1, 0.15) is 12.0 Å². The summed E-state index contributed by atoms with van der Waals surface area (Å²) in [6, 6.07) is 13.0. The Morgan fingerprint density at radius 3 is 2.57 bits per heavy atom. The summed E-state index contributed by atoms with van der Waals surface area (Å²) in [5, 5.41) is 0. The second-order valence-corrected chi connectivity index (χ2v) is 8.56. The van der Waals surface area contributed by atoms with Crippen molar-refractivity contribution >= 4 is 11.7 Å². The first-order valence-corrected chi connectivity index (χ1v) is 10.5. The summed E-state index contributed by atoms with van der Waals surface area (Å²) in [6.07, 6.45) is 4.07. The van der Waals surface area contributed by atoms with Gasteiger partial charge in [-0.1, -0.05) is 30.3 Å². The molecular formula is C23H25F2N3O2. The fraction of sp³-hybridized carbons (Fsp3) is 0.478. The molecule has 0 unspecified atom stereocenters. The summed E-state index contributed by atoms with van der Waals surface area (Å²) >= 11 is 0. The maximum Gasteiger partial charge on any atom is 0.270 e. The zero-order chi connectivity index (χ0) is 20.9. The molecule has 3 saturated heterocycles. The van der Waals surface area contributed by atoms with Crippen LogP contribution in [-0.4, -0.2) is 40.7 Å². The van der Waals surface area contributed by atoms with Gasteiger partial charge in [-0.05, 0) is 30.5 Å². The Morgan fingerprint density at radius 2 is 1.87 bits per heavy atom. The summed E-state index contributed by atoms with van der Waals surface area (Å²) < 4.78 is 33.7. The highest BCUT2D eigenvalue weighted by Crippen LogP contribution is 2.47. The van der Waals surface area contributed by atoms with Gasteiger partial charge in [0.2, 0.25) is 0 Å². The first-order valence-electron chi connectivity index (χ1n) is 10.5. The van der Waals surface area contributed by atoms with E-state index in [1.807, 2.05) is 28.0 Å². The van der Waals surface area contributed by atoms with Crippen LogP contribution < -0.4 is 4.90 Å². The van der Waals surface area contributed by atoms with Crippen LogP contribution in [0.15, 0.2) is 48.7 Å². The Balaban J connectivity index is 1.32. The number of rotatable bonds is 3. The Kier molecular flexibility index (Phi) is 4.54. The Bertz CT molecular complexity index is 939. The molecule has 1 aromatic carbocycles. The van der Waals surface area contributed by atoms with Crippen LogP contribution in [-0.2, 0) is 15.5 Å². The second-order valence-electron chi connectivity index (χ2n) is 8.56. The molecule has 3 aliphatic heterocycles. The van der Waals surface area contributed by atoms with E-state index in [0.29, 0.717) is 31.7 Å². The number of amides is 1. The fourth-order valence-corrected chi connectivity index (χ4v) is 5.01. The van der Waals surface area contributed by atoms with Crippen molar-refractivity contribution in [3.8, 4) is 0 Å². The van der Waals surface area contributed by atoms with Gasteiger partial charge < -0.3 is 14.5 Å². The third-order valence-corrected chi connectivity index (χ3v) is 6.65. The number of alkyl halides is 2. The predicted molar refractivity (Wildman–Crippen MR) is 108 cm³/mol. The highest BCUT2D eigenvalue weighted by Gasteiger charge is 2.58. The summed E-state index contributed by atoms with van der Waals surface area (Å²) in [5.41, 5.74) is 0.293. The highest BCUT2D eigenvalue weighted by molar-refractivity contribution is 5.88. The molecule has 0 bridgehead atoms. The van der Waals surface area contributed by atoms with E-state index < -0.39 is 11.5 Å². The number of ether oxygens (including phenoxy) is 1. The van der Waals surface area contributed by atoms with Crippen LogP contribution >= 0.6 is 0 Å². The van der Waals surface area contributed by atoms with Crippen molar-refractivity contribution in [3.63, 3.8) is 0 Å². The van der Waals surface area contributed by atoms with Crippen LogP contribution in [0.1, 0.15) is 49.8 Å². The molecule has 1 amide bonds. The van der Waals surface area contributed by atoms with Gasteiger partial charge in [-0.2, -0.15) is 0 Å². The second kappa shape index (κ2) is 7.01. The van der Waals surface area contributed by atoms with E-state index in [2.05, 4.69) is 17.1 Å². The molecule has 7 heteroatoms. The first kappa shape index (κ1) is 19.4. The van der Waals surface area contributed by atoms with E-state index in [-0.39, 0.29) is 23.7 Å². The lowest BCUT2D eigenvalue weighted by molar-refractivity contribution is -0.140. The van der Waals surface area contributed by atoms with Crippen LogP contribution in [0, 0.1) is 0 Å². The number of nitrogens with zero attached hydrogens (tertiary/aromatic N) is 3. The fourth-order valence-electron chi connectivity index (χ4n) is 5.01. The SMILES string of the molecule is CC(F)(F)c1ccnc(N2CCC3(CC2)O[C@@H]2CC[C@@H](c4ccccc4)N2C3=O)c1. The molecule has 4 heterocycles. The van der Waals surface area contributed by atoms with E-state index in [1.54, 1.807) is 0 Å². The number of aromatic nitrogens is 1. The number of benzene rings is 1. The van der Waals surface area contributed by atoms with Crippen LogP contribution in [0.25, 0.3) is 0 Å². The Hall–Kier alpha value is -2.54. The molecule has 0 radical (unpaired) electrons. The van der Waals surface area contributed by atoms with Gasteiger partial charge in [-0.3, -0.25) is 4.79 Å². The molecule has 1 spiro atoms. The van der Waals surface area contributed by atoms with Gasteiger partial charge in [-0.15, -0.1) is 0 Å². The van der Waals surface area contributed by atoms with Crippen LogP contribution in [0.5, 0.6) is 0 Å². The maximum atomic E-state index is 13.7. The predicted octanol–water partition coefficient (Wildman–Crippen LogP) is 4.25. The number of pyridine rings is 1. The van der Waals surface area contributed by atoms with Gasteiger partial charge in [-0.25, -0.2) is 13.8 Å². The number of halogens is 2. The van der Waals surface area contributed by atoms with Crippen molar-refractivity contribution in [1.82, 2.24) is 9.88 Å². The molecule has 5 rings (SSSR count). The lowest BCUT2D eigenvalue weighted by atomic mass is 9.89. The number of hydrogen-bond donors (Lipinski definition) is 0. The molecule has 1 aromatic heterocycles. The van der Waals surface area contributed by atoms with Crippen molar-refractivity contribution in [3.05, 3.63) is 59.8 Å². The molecule has 0 saturated carbocycles. The summed E-state index contributed by atoms with van der Waals surface area (Å²) in [7, 11) is 0. The molecular weight excluding hydrogens is 388 g/mol. The van der Waals surface area contributed by atoms with E-state index in [1.165, 1.54) is 18.3 Å². The smallest absolute Gasteiger partial charge is 0.270 e. The van der Waals surface area contributed by atoms with E-state index in [0.717, 1.165) is 25.3 Å². The molecule has 3 aliphatic rings. The number of carbonyl (C=O) groups excluding carboxylic acids is 1. The molecule has 3 fully saturated rings. The van der Waals surface area contributed by atoms with Crippen molar-refractivity contribution in [2.75, 3.05) is 18.0 Å². The van der Waals surface area contributed by atoms with Crippen molar-refractivity contribution < 1.29 is 18.3 Å². The Morgan fingerprint density at radius 1 is 1.13 bits per heavy atom. The van der Waals surface area contributed by atoms with E-state index in [4.69, 9.17) is 4.74 Å². The van der Waals surface area contributed by atoms with Gasteiger partial charge in [0, 0.05) is 44.6 Å². The average molecular weight is 413 g/mol. The molecule has 0 aliphatic carbocycles. The van der Waals surface area contributed by atoms with Crippen LogP contribution in [0.3, 0.4) is 0 Å². The minimum Gasteiger partial charge on any atom is -0.356 e. The molecule has 0 N–H and O–H groups in total. The minimum atomic E-state index is -2.91. The zero-order valence-electron chi connectivity index (χ0n) is 16.9. The van der Waals surface area contributed by atoms with E-state index >= 15 is 0 Å². The molecule has 2 aromatic rings.